The lowest BCUT2D eigenvalue weighted by Gasteiger charge is -2.34. The van der Waals surface area contributed by atoms with Crippen LogP contribution in [0.25, 0.3) is 0 Å². The molecule has 0 saturated heterocycles. The van der Waals surface area contributed by atoms with Gasteiger partial charge in [-0.2, -0.15) is 5.26 Å². The van der Waals surface area contributed by atoms with Crippen LogP contribution in [0.4, 0.5) is 4.79 Å². The molecule has 9 heteroatoms. The van der Waals surface area contributed by atoms with Crippen LogP contribution in [0.3, 0.4) is 0 Å². The number of hydrogen-bond donors (Lipinski definition) is 3. The smallest absolute Gasteiger partial charge is 0.408 e. The summed E-state index contributed by atoms with van der Waals surface area (Å²) in [6.45, 7) is 7.85. The first-order chi connectivity index (χ1) is 15.9. The molecule has 2 atom stereocenters. The van der Waals surface area contributed by atoms with Crippen molar-refractivity contribution in [1.82, 2.24) is 15.5 Å². The highest BCUT2D eigenvalue weighted by molar-refractivity contribution is 5.92. The summed E-state index contributed by atoms with van der Waals surface area (Å²) < 4.78 is 5.22. The number of nitrogens with one attached hydrogen (secondary N) is 2. The molecule has 1 aromatic carbocycles. The highest BCUT2D eigenvalue weighted by Crippen LogP contribution is 2.32. The van der Waals surface area contributed by atoms with Gasteiger partial charge in [-0.05, 0) is 53.0 Å². The zero-order valence-electron chi connectivity index (χ0n) is 20.7. The lowest BCUT2D eigenvalue weighted by molar-refractivity contribution is -0.141. The normalized spacial score (nSPS) is 16.0. The summed E-state index contributed by atoms with van der Waals surface area (Å²) >= 11 is 0. The molecule has 3 amide bonds. The summed E-state index contributed by atoms with van der Waals surface area (Å²) in [6, 6.07) is 4.54. The Morgan fingerprint density at radius 2 is 1.88 bits per heavy atom. The molecular weight excluding hydrogens is 436 g/mol. The van der Waals surface area contributed by atoms with Gasteiger partial charge in [0.15, 0.2) is 0 Å². The molecule has 0 aliphatic heterocycles. The van der Waals surface area contributed by atoms with E-state index in [1.807, 2.05) is 6.07 Å². The van der Waals surface area contributed by atoms with Gasteiger partial charge in [-0.3, -0.25) is 9.59 Å². The van der Waals surface area contributed by atoms with Crippen molar-refractivity contribution >= 4 is 17.9 Å². The molecule has 0 radical (unpaired) electrons. The SMILES string of the molecule is Cc1cccc(C(C(=O)NC2CCCCC2)N(CC#N)C(=O)C(C)NC(=O)OC(C)(C)C)c1O. The van der Waals surface area contributed by atoms with Crippen molar-refractivity contribution in [1.29, 1.82) is 5.26 Å². The van der Waals surface area contributed by atoms with Gasteiger partial charge in [0.2, 0.25) is 11.8 Å². The molecule has 0 aromatic heterocycles. The standard InChI is InChI=1S/C25H36N4O5/c1-16-10-9-13-19(21(16)30)20(22(31)28-18-11-7-6-8-12-18)29(15-14-26)23(32)17(2)27-24(33)34-25(3,4)5/h9-10,13,17-18,20,30H,6-8,11-12,15H2,1-5H3,(H,27,33)(H,28,31). The van der Waals surface area contributed by atoms with Crippen LogP contribution < -0.4 is 10.6 Å². The van der Waals surface area contributed by atoms with Gasteiger partial charge in [-0.1, -0.05) is 37.5 Å². The van der Waals surface area contributed by atoms with E-state index in [-0.39, 0.29) is 17.4 Å². The van der Waals surface area contributed by atoms with Gasteiger partial charge < -0.3 is 25.4 Å². The zero-order chi connectivity index (χ0) is 25.5. The Kier molecular flexibility index (Phi) is 9.30. The summed E-state index contributed by atoms with van der Waals surface area (Å²) in [5.74, 6) is -1.23. The summed E-state index contributed by atoms with van der Waals surface area (Å²) in [4.78, 5) is 40.2. The van der Waals surface area contributed by atoms with Crippen molar-refractivity contribution < 1.29 is 24.2 Å². The van der Waals surface area contributed by atoms with Crippen molar-refractivity contribution in [3.05, 3.63) is 29.3 Å². The van der Waals surface area contributed by atoms with Crippen LogP contribution in [-0.4, -0.2) is 52.1 Å². The molecule has 9 nitrogen and oxygen atoms in total. The zero-order valence-corrected chi connectivity index (χ0v) is 20.7. The van der Waals surface area contributed by atoms with Crippen LogP contribution in [0.5, 0.6) is 5.75 Å². The number of benzene rings is 1. The molecule has 1 aliphatic rings. The van der Waals surface area contributed by atoms with Crippen LogP contribution in [0.1, 0.15) is 77.0 Å². The Hall–Kier alpha value is -3.28. The van der Waals surface area contributed by atoms with E-state index in [2.05, 4.69) is 10.6 Å². The third-order valence-electron chi connectivity index (χ3n) is 5.70. The Balaban J connectivity index is 2.38. The molecule has 0 spiro atoms. The number of amides is 3. The number of hydrogen-bond acceptors (Lipinski definition) is 6. The number of carbonyl (C=O) groups excluding carboxylic acids is 3. The van der Waals surface area contributed by atoms with Crippen LogP contribution in [0.2, 0.25) is 0 Å². The molecule has 2 unspecified atom stereocenters. The third-order valence-corrected chi connectivity index (χ3v) is 5.70. The first kappa shape index (κ1) is 27.0. The van der Waals surface area contributed by atoms with Gasteiger partial charge in [0.25, 0.3) is 0 Å². The quantitative estimate of drug-likeness (QED) is 0.521. The number of carbonyl (C=O) groups is 3. The number of rotatable bonds is 7. The molecule has 1 fully saturated rings. The van der Waals surface area contributed by atoms with E-state index in [1.54, 1.807) is 45.9 Å². The van der Waals surface area contributed by atoms with E-state index < -0.39 is 42.1 Å². The second-order valence-electron chi connectivity index (χ2n) is 9.75. The first-order valence-corrected chi connectivity index (χ1v) is 11.7. The number of para-hydroxylation sites is 1. The van der Waals surface area contributed by atoms with E-state index in [0.29, 0.717) is 5.56 Å². The molecule has 1 aliphatic carbocycles. The second-order valence-corrected chi connectivity index (χ2v) is 9.75. The maximum absolute atomic E-state index is 13.5. The van der Waals surface area contributed by atoms with Gasteiger partial charge >= 0.3 is 6.09 Å². The fraction of sp³-hybridized carbons (Fsp3) is 0.600. The lowest BCUT2D eigenvalue weighted by Crippen LogP contribution is -2.53. The molecule has 1 saturated carbocycles. The largest absolute Gasteiger partial charge is 0.507 e. The van der Waals surface area contributed by atoms with Crippen LogP contribution in [-0.2, 0) is 14.3 Å². The monoisotopic (exact) mass is 472 g/mol. The minimum absolute atomic E-state index is 0.0351. The van der Waals surface area contributed by atoms with E-state index in [9.17, 15) is 24.8 Å². The minimum Gasteiger partial charge on any atom is -0.507 e. The van der Waals surface area contributed by atoms with Crippen LogP contribution in [0, 0.1) is 18.3 Å². The number of aromatic hydroxyl groups is 1. The summed E-state index contributed by atoms with van der Waals surface area (Å²) in [6.07, 6.45) is 4.00. The number of nitriles is 1. The predicted molar refractivity (Wildman–Crippen MR) is 127 cm³/mol. The average molecular weight is 473 g/mol. The molecule has 0 bridgehead atoms. The van der Waals surface area contributed by atoms with Gasteiger partial charge in [0.05, 0.1) is 6.07 Å². The molecule has 186 valence electrons. The van der Waals surface area contributed by atoms with Gasteiger partial charge in [0.1, 0.15) is 30.0 Å². The average Bonchev–Trinajstić information content (AvgIpc) is 2.75. The van der Waals surface area contributed by atoms with Gasteiger partial charge in [-0.15, -0.1) is 0 Å². The van der Waals surface area contributed by atoms with Crippen molar-refractivity contribution in [2.24, 2.45) is 0 Å². The number of phenolic OH excluding ortho intramolecular Hbond substituents is 1. The maximum Gasteiger partial charge on any atom is 0.408 e. The number of alkyl carbamates (subject to hydrolysis) is 1. The molecule has 34 heavy (non-hydrogen) atoms. The highest BCUT2D eigenvalue weighted by Gasteiger charge is 2.37. The van der Waals surface area contributed by atoms with Crippen molar-refractivity contribution in [3.63, 3.8) is 0 Å². The highest BCUT2D eigenvalue weighted by atomic mass is 16.6. The summed E-state index contributed by atoms with van der Waals surface area (Å²) in [5.41, 5.74) is 0.00762. The van der Waals surface area contributed by atoms with E-state index in [1.165, 1.54) is 6.92 Å². The predicted octanol–water partition coefficient (Wildman–Crippen LogP) is 3.46. The van der Waals surface area contributed by atoms with Gasteiger partial charge in [-0.25, -0.2) is 4.79 Å². The van der Waals surface area contributed by atoms with Crippen molar-refractivity contribution in [3.8, 4) is 11.8 Å². The summed E-state index contributed by atoms with van der Waals surface area (Å²) in [7, 11) is 0. The van der Waals surface area contributed by atoms with Crippen molar-refractivity contribution in [2.75, 3.05) is 6.54 Å². The van der Waals surface area contributed by atoms with E-state index >= 15 is 0 Å². The lowest BCUT2D eigenvalue weighted by atomic mass is 9.94. The molecular formula is C25H36N4O5. The number of aryl methyl sites for hydroxylation is 1. The van der Waals surface area contributed by atoms with Crippen LogP contribution in [0.15, 0.2) is 18.2 Å². The van der Waals surface area contributed by atoms with Gasteiger partial charge in [0, 0.05) is 11.6 Å². The molecule has 2 rings (SSSR count). The summed E-state index contributed by atoms with van der Waals surface area (Å²) in [5, 5.41) is 25.7. The molecule has 0 heterocycles. The molecule has 3 N–H and O–H groups in total. The Morgan fingerprint density at radius 1 is 1.24 bits per heavy atom. The Morgan fingerprint density at radius 3 is 2.47 bits per heavy atom. The Bertz CT molecular complexity index is 928. The fourth-order valence-electron chi connectivity index (χ4n) is 4.05. The van der Waals surface area contributed by atoms with E-state index in [4.69, 9.17) is 4.74 Å². The molecule has 1 aromatic rings. The topological polar surface area (TPSA) is 132 Å². The first-order valence-electron chi connectivity index (χ1n) is 11.7. The van der Waals surface area contributed by atoms with E-state index in [0.717, 1.165) is 37.0 Å². The third kappa shape index (κ3) is 7.37. The maximum atomic E-state index is 13.5. The fourth-order valence-corrected chi connectivity index (χ4v) is 4.05. The minimum atomic E-state index is -1.24. The number of phenols is 1. The van der Waals surface area contributed by atoms with Crippen molar-refractivity contribution in [2.45, 2.75) is 90.4 Å². The number of nitrogens with zero attached hydrogens (tertiary/aromatic N) is 2. The van der Waals surface area contributed by atoms with Crippen LogP contribution >= 0.6 is 0 Å². The Labute approximate surface area is 201 Å². The number of ether oxygens (including phenoxy) is 1. The second kappa shape index (κ2) is 11.7.